The van der Waals surface area contributed by atoms with Crippen LogP contribution in [0.4, 0.5) is 4.39 Å². The molecule has 2 aromatic rings. The number of benzene rings is 1. The molecule has 1 unspecified atom stereocenters. The van der Waals surface area contributed by atoms with E-state index in [-0.39, 0.29) is 11.9 Å². The molecular weight excluding hydrogens is 329 g/mol. The molecule has 0 aliphatic heterocycles. The van der Waals surface area contributed by atoms with Gasteiger partial charge in [0.15, 0.2) is 4.77 Å². The molecule has 0 amide bonds. The normalized spacial score (nSPS) is 13.4. The van der Waals surface area contributed by atoms with Gasteiger partial charge in [-0.15, -0.1) is 0 Å². The van der Waals surface area contributed by atoms with Crippen molar-refractivity contribution in [3.05, 3.63) is 27.2 Å². The second-order valence-electron chi connectivity index (χ2n) is 5.02. The summed E-state index contributed by atoms with van der Waals surface area (Å²) in [5.41, 5.74) is 1.67. The number of nitrogens with one attached hydrogen (secondary N) is 1. The zero-order valence-corrected chi connectivity index (χ0v) is 13.6. The standard InChI is InChI=1S/C13H17BrFN3S/c1-8(4-5-17(2)3)18-12-6-9(14)10(15)7-11(12)16-13(18)19/h6-8H,4-5H2,1-3H3,(H,16,19). The van der Waals surface area contributed by atoms with Crippen LogP contribution < -0.4 is 0 Å². The molecule has 0 spiro atoms. The highest BCUT2D eigenvalue weighted by molar-refractivity contribution is 9.10. The highest BCUT2D eigenvalue weighted by Gasteiger charge is 2.13. The van der Waals surface area contributed by atoms with Gasteiger partial charge in [-0.2, -0.15) is 0 Å². The molecule has 0 aliphatic carbocycles. The minimum Gasteiger partial charge on any atom is -0.330 e. The lowest BCUT2D eigenvalue weighted by Crippen LogP contribution is -2.17. The molecule has 1 aromatic carbocycles. The van der Waals surface area contributed by atoms with Crippen molar-refractivity contribution < 1.29 is 4.39 Å². The number of rotatable bonds is 4. The summed E-state index contributed by atoms with van der Waals surface area (Å²) < 4.78 is 16.7. The first-order chi connectivity index (χ1) is 8.90. The first kappa shape index (κ1) is 14.7. The summed E-state index contributed by atoms with van der Waals surface area (Å²) >= 11 is 8.58. The highest BCUT2D eigenvalue weighted by atomic mass is 79.9. The van der Waals surface area contributed by atoms with Crippen LogP contribution >= 0.6 is 28.1 Å². The lowest BCUT2D eigenvalue weighted by Gasteiger charge is -2.17. The van der Waals surface area contributed by atoms with Crippen LogP contribution in [-0.4, -0.2) is 35.1 Å². The van der Waals surface area contributed by atoms with Crippen molar-refractivity contribution in [1.29, 1.82) is 0 Å². The molecule has 1 heterocycles. The largest absolute Gasteiger partial charge is 0.330 e. The molecule has 2 rings (SSSR count). The van der Waals surface area contributed by atoms with Crippen LogP contribution in [0.5, 0.6) is 0 Å². The summed E-state index contributed by atoms with van der Waals surface area (Å²) in [5, 5.41) is 0. The summed E-state index contributed by atoms with van der Waals surface area (Å²) in [4.78, 5) is 5.21. The van der Waals surface area contributed by atoms with Gasteiger partial charge in [0.1, 0.15) is 5.82 Å². The van der Waals surface area contributed by atoms with Gasteiger partial charge in [-0.3, -0.25) is 0 Å². The maximum atomic E-state index is 13.5. The van der Waals surface area contributed by atoms with Crippen molar-refractivity contribution in [2.24, 2.45) is 0 Å². The average molecular weight is 346 g/mol. The topological polar surface area (TPSA) is 24.0 Å². The van der Waals surface area contributed by atoms with Crippen LogP contribution in [0.2, 0.25) is 0 Å². The molecule has 0 radical (unpaired) electrons. The zero-order valence-electron chi connectivity index (χ0n) is 11.2. The van der Waals surface area contributed by atoms with E-state index in [4.69, 9.17) is 12.2 Å². The van der Waals surface area contributed by atoms with Crippen molar-refractivity contribution in [1.82, 2.24) is 14.5 Å². The smallest absolute Gasteiger partial charge is 0.178 e. The van der Waals surface area contributed by atoms with Gasteiger partial charge in [0.25, 0.3) is 0 Å². The van der Waals surface area contributed by atoms with Crippen LogP contribution in [0.15, 0.2) is 16.6 Å². The van der Waals surface area contributed by atoms with E-state index in [1.165, 1.54) is 6.07 Å². The predicted molar refractivity (Wildman–Crippen MR) is 82.7 cm³/mol. The Balaban J connectivity index is 2.45. The molecule has 0 saturated heterocycles. The van der Waals surface area contributed by atoms with Crippen molar-refractivity contribution in [3.8, 4) is 0 Å². The molecule has 3 nitrogen and oxygen atoms in total. The zero-order chi connectivity index (χ0) is 14.2. The summed E-state index contributed by atoms with van der Waals surface area (Å²) in [5.74, 6) is -0.281. The molecule has 0 fully saturated rings. The Morgan fingerprint density at radius 1 is 1.47 bits per heavy atom. The van der Waals surface area contributed by atoms with Crippen molar-refractivity contribution >= 4 is 39.2 Å². The second kappa shape index (κ2) is 5.73. The number of fused-ring (bicyclic) bond motifs is 1. The molecule has 1 atom stereocenters. The molecule has 1 aromatic heterocycles. The summed E-state index contributed by atoms with van der Waals surface area (Å²) in [6, 6.07) is 3.52. The minimum atomic E-state index is -0.281. The van der Waals surface area contributed by atoms with Gasteiger partial charge in [-0.1, -0.05) is 0 Å². The van der Waals surface area contributed by atoms with E-state index in [0.717, 1.165) is 24.0 Å². The Morgan fingerprint density at radius 3 is 2.79 bits per heavy atom. The Hall–Kier alpha value is -0.720. The number of nitrogens with zero attached hydrogens (tertiary/aromatic N) is 2. The molecule has 0 bridgehead atoms. The molecule has 0 aliphatic rings. The number of aromatic amines is 1. The van der Waals surface area contributed by atoms with Gasteiger partial charge in [0.2, 0.25) is 0 Å². The van der Waals surface area contributed by atoms with Crippen molar-refractivity contribution in [2.45, 2.75) is 19.4 Å². The lowest BCUT2D eigenvalue weighted by atomic mass is 10.2. The summed E-state index contributed by atoms with van der Waals surface area (Å²) in [7, 11) is 4.10. The first-order valence-corrected chi connectivity index (χ1v) is 7.34. The fourth-order valence-electron chi connectivity index (χ4n) is 2.13. The van der Waals surface area contributed by atoms with Crippen LogP contribution in [-0.2, 0) is 0 Å². The third-order valence-electron chi connectivity index (χ3n) is 3.19. The molecule has 6 heteroatoms. The van der Waals surface area contributed by atoms with E-state index in [1.807, 2.05) is 14.1 Å². The minimum absolute atomic E-state index is 0.265. The quantitative estimate of drug-likeness (QED) is 0.843. The third kappa shape index (κ3) is 3.07. The molecule has 1 N–H and O–H groups in total. The number of halogens is 2. The van der Waals surface area contributed by atoms with Gasteiger partial charge in [-0.05, 0) is 68.2 Å². The van der Waals surface area contributed by atoms with E-state index >= 15 is 0 Å². The van der Waals surface area contributed by atoms with E-state index < -0.39 is 0 Å². The van der Waals surface area contributed by atoms with Gasteiger partial charge < -0.3 is 14.5 Å². The number of hydrogen-bond acceptors (Lipinski definition) is 2. The SMILES string of the molecule is CC(CCN(C)C)n1c(=S)[nH]c2cc(F)c(Br)cc21. The van der Waals surface area contributed by atoms with Crippen molar-refractivity contribution in [3.63, 3.8) is 0 Å². The number of aromatic nitrogens is 2. The lowest BCUT2D eigenvalue weighted by molar-refractivity contribution is 0.359. The van der Waals surface area contributed by atoms with Crippen molar-refractivity contribution in [2.75, 3.05) is 20.6 Å². The molecule has 19 heavy (non-hydrogen) atoms. The third-order valence-corrected chi connectivity index (χ3v) is 4.10. The molecular formula is C13H17BrFN3S. The van der Waals surface area contributed by atoms with Crippen LogP contribution in [0.25, 0.3) is 11.0 Å². The van der Waals surface area contributed by atoms with Gasteiger partial charge in [-0.25, -0.2) is 4.39 Å². The van der Waals surface area contributed by atoms with Crippen LogP contribution in [0.3, 0.4) is 0 Å². The maximum absolute atomic E-state index is 13.5. The van der Waals surface area contributed by atoms with Gasteiger partial charge in [0.05, 0.1) is 15.5 Å². The van der Waals surface area contributed by atoms with Gasteiger partial charge in [0, 0.05) is 12.1 Å². The first-order valence-electron chi connectivity index (χ1n) is 6.14. The summed E-state index contributed by atoms with van der Waals surface area (Å²) in [6.45, 7) is 3.11. The average Bonchev–Trinajstić information content (AvgIpc) is 2.62. The molecule has 104 valence electrons. The number of hydrogen-bond donors (Lipinski definition) is 1. The van der Waals surface area contributed by atoms with E-state index in [1.54, 1.807) is 6.07 Å². The predicted octanol–water partition coefficient (Wildman–Crippen LogP) is 4.11. The van der Waals surface area contributed by atoms with E-state index in [0.29, 0.717) is 9.24 Å². The Kier molecular flexibility index (Phi) is 4.43. The Labute approximate surface area is 125 Å². The fourth-order valence-corrected chi connectivity index (χ4v) is 2.85. The summed E-state index contributed by atoms with van der Waals surface area (Å²) in [6.07, 6.45) is 0.989. The van der Waals surface area contributed by atoms with Gasteiger partial charge >= 0.3 is 0 Å². The monoisotopic (exact) mass is 345 g/mol. The maximum Gasteiger partial charge on any atom is 0.178 e. The fraction of sp³-hybridized carbons (Fsp3) is 0.462. The number of imidazole rings is 1. The van der Waals surface area contributed by atoms with Crippen LogP contribution in [0, 0.1) is 10.6 Å². The highest BCUT2D eigenvalue weighted by Crippen LogP contribution is 2.26. The Bertz CT molecular complexity index is 647. The van der Waals surface area contributed by atoms with E-state index in [2.05, 4.69) is 37.3 Å². The van der Waals surface area contributed by atoms with Crippen LogP contribution in [0.1, 0.15) is 19.4 Å². The second-order valence-corrected chi connectivity index (χ2v) is 6.27. The number of H-pyrrole nitrogens is 1. The van der Waals surface area contributed by atoms with E-state index in [9.17, 15) is 4.39 Å². The Morgan fingerprint density at radius 2 is 2.16 bits per heavy atom. The molecule has 0 saturated carbocycles.